The maximum absolute atomic E-state index is 12.5. The van der Waals surface area contributed by atoms with Crippen LogP contribution in [0.3, 0.4) is 0 Å². The number of carbonyl (C=O) groups excluding carboxylic acids is 2. The van der Waals surface area contributed by atoms with Gasteiger partial charge >= 0.3 is 5.97 Å². The Kier molecular flexibility index (Phi) is 12.9. The number of thioether (sulfide) groups is 1. The Labute approximate surface area is 270 Å². The van der Waals surface area contributed by atoms with Crippen LogP contribution in [-0.2, 0) is 32.2 Å². The summed E-state index contributed by atoms with van der Waals surface area (Å²) >= 11 is 1.86. The smallest absolute Gasteiger partial charge is 0.319 e. The van der Waals surface area contributed by atoms with Gasteiger partial charge in [0, 0.05) is 6.54 Å². The van der Waals surface area contributed by atoms with E-state index in [9.17, 15) is 14.7 Å². The van der Waals surface area contributed by atoms with Crippen molar-refractivity contribution in [1.29, 1.82) is 0 Å². The van der Waals surface area contributed by atoms with Gasteiger partial charge in [0.05, 0.1) is 48.9 Å². The predicted octanol–water partition coefficient (Wildman–Crippen LogP) is 5.73. The second kappa shape index (κ2) is 17.3. The lowest BCUT2D eigenvalue weighted by Crippen LogP contribution is -2.28. The third kappa shape index (κ3) is 9.88. The lowest BCUT2D eigenvalue weighted by molar-refractivity contribution is -0.141. The SMILES string of the molecule is COC(=O)CN(C)Cc1cccc(CNC(=O)C[C@H](O)C=CCCSC(c2ccccc2)(c2ccccc2)c2ccccc2)n1. The number of ether oxygens (including phenoxy) is 1. The molecule has 0 bridgehead atoms. The van der Waals surface area contributed by atoms with Crippen molar-refractivity contribution < 1.29 is 19.4 Å². The van der Waals surface area contributed by atoms with Gasteiger partial charge in [-0.25, -0.2) is 0 Å². The first kappa shape index (κ1) is 33.6. The molecule has 2 N–H and O–H groups in total. The molecular formula is C37H41N3O4S. The quantitative estimate of drug-likeness (QED) is 0.0714. The number of aromatic nitrogens is 1. The molecule has 4 rings (SSSR count). The fraction of sp³-hybridized carbons (Fsp3) is 0.270. The van der Waals surface area contributed by atoms with Gasteiger partial charge in [0.15, 0.2) is 0 Å². The third-order valence-electron chi connectivity index (χ3n) is 7.29. The summed E-state index contributed by atoms with van der Waals surface area (Å²) in [5, 5.41) is 13.4. The maximum atomic E-state index is 12.5. The Morgan fingerprint density at radius 3 is 2.00 bits per heavy atom. The molecule has 0 saturated carbocycles. The molecule has 4 aromatic rings. The summed E-state index contributed by atoms with van der Waals surface area (Å²) in [5.74, 6) is 0.241. The van der Waals surface area contributed by atoms with Gasteiger partial charge in [0.25, 0.3) is 0 Å². The second-order valence-electron chi connectivity index (χ2n) is 10.8. The first-order valence-corrected chi connectivity index (χ1v) is 16.0. The van der Waals surface area contributed by atoms with Crippen molar-refractivity contribution in [1.82, 2.24) is 15.2 Å². The third-order valence-corrected chi connectivity index (χ3v) is 8.87. The van der Waals surface area contributed by atoms with Gasteiger partial charge in [-0.1, -0.05) is 109 Å². The highest BCUT2D eigenvalue weighted by molar-refractivity contribution is 8.00. The van der Waals surface area contributed by atoms with Crippen LogP contribution in [0.5, 0.6) is 0 Å². The molecule has 3 aromatic carbocycles. The summed E-state index contributed by atoms with van der Waals surface area (Å²) in [6, 6.07) is 37.3. The van der Waals surface area contributed by atoms with E-state index >= 15 is 0 Å². The van der Waals surface area contributed by atoms with Crippen molar-refractivity contribution in [3.63, 3.8) is 0 Å². The lowest BCUT2D eigenvalue weighted by atomic mass is 9.84. The summed E-state index contributed by atoms with van der Waals surface area (Å²) in [6.45, 7) is 0.889. The molecule has 0 unspecified atom stereocenters. The highest BCUT2D eigenvalue weighted by atomic mass is 32.2. The molecule has 7 nitrogen and oxygen atoms in total. The number of benzene rings is 3. The monoisotopic (exact) mass is 623 g/mol. The molecule has 1 heterocycles. The molecule has 0 aliphatic rings. The average molecular weight is 624 g/mol. The Bertz CT molecular complexity index is 1420. The van der Waals surface area contributed by atoms with E-state index in [1.165, 1.54) is 23.8 Å². The number of hydrogen-bond donors (Lipinski definition) is 2. The largest absolute Gasteiger partial charge is 0.468 e. The molecule has 8 heteroatoms. The van der Waals surface area contributed by atoms with Crippen molar-refractivity contribution in [2.75, 3.05) is 26.5 Å². The number of rotatable bonds is 16. The molecule has 0 spiro atoms. The van der Waals surface area contributed by atoms with Crippen LogP contribution in [0.2, 0.25) is 0 Å². The summed E-state index contributed by atoms with van der Waals surface area (Å²) in [7, 11) is 3.17. The fourth-order valence-electron chi connectivity index (χ4n) is 5.15. The van der Waals surface area contributed by atoms with E-state index in [2.05, 4.69) is 83.1 Å². The maximum Gasteiger partial charge on any atom is 0.319 e. The molecule has 0 aliphatic heterocycles. The van der Waals surface area contributed by atoms with Crippen molar-refractivity contribution in [2.45, 2.75) is 36.8 Å². The summed E-state index contributed by atoms with van der Waals surface area (Å²) < 4.78 is 4.31. The van der Waals surface area contributed by atoms with Gasteiger partial charge in [-0.2, -0.15) is 0 Å². The number of esters is 1. The highest BCUT2D eigenvalue weighted by Crippen LogP contribution is 2.48. The number of aliphatic hydroxyl groups is 1. The Hall–Kier alpha value is -4.24. The van der Waals surface area contributed by atoms with Crippen LogP contribution < -0.4 is 5.32 Å². The zero-order chi connectivity index (χ0) is 31.9. The molecule has 0 aliphatic carbocycles. The summed E-state index contributed by atoms with van der Waals surface area (Å²) in [5.41, 5.74) is 5.11. The van der Waals surface area contributed by atoms with Gasteiger partial charge in [-0.15, -0.1) is 11.8 Å². The second-order valence-corrected chi connectivity index (χ2v) is 12.1. The molecule has 234 valence electrons. The number of pyridine rings is 1. The first-order valence-electron chi connectivity index (χ1n) is 15.0. The normalized spacial score (nSPS) is 12.3. The Balaban J connectivity index is 1.31. The van der Waals surface area contributed by atoms with Crippen LogP contribution in [0.4, 0.5) is 0 Å². The Morgan fingerprint density at radius 2 is 1.44 bits per heavy atom. The van der Waals surface area contributed by atoms with Crippen LogP contribution in [0.1, 0.15) is 40.9 Å². The molecule has 0 saturated heterocycles. The number of carbonyl (C=O) groups is 2. The molecule has 1 amide bonds. The van der Waals surface area contributed by atoms with Gasteiger partial charge in [0.1, 0.15) is 0 Å². The number of amides is 1. The van der Waals surface area contributed by atoms with Gasteiger partial charge < -0.3 is 15.2 Å². The van der Waals surface area contributed by atoms with Gasteiger partial charge in [0.2, 0.25) is 5.91 Å². The van der Waals surface area contributed by atoms with E-state index in [-0.39, 0.29) is 31.4 Å². The summed E-state index contributed by atoms with van der Waals surface area (Å²) in [4.78, 5) is 30.4. The van der Waals surface area contributed by atoms with Crippen LogP contribution in [0.25, 0.3) is 0 Å². The van der Waals surface area contributed by atoms with E-state index in [0.717, 1.165) is 17.9 Å². The molecule has 0 radical (unpaired) electrons. The molecule has 1 atom stereocenters. The minimum absolute atomic E-state index is 0.0345. The van der Waals surface area contributed by atoms with Crippen molar-refractivity contribution in [2.24, 2.45) is 0 Å². The van der Waals surface area contributed by atoms with E-state index in [0.29, 0.717) is 12.2 Å². The zero-order valence-electron chi connectivity index (χ0n) is 25.8. The van der Waals surface area contributed by atoms with Crippen molar-refractivity contribution in [3.8, 4) is 0 Å². The molecule has 1 aromatic heterocycles. The number of allylic oxidation sites excluding steroid dienone is 1. The molecule has 0 fully saturated rings. The highest BCUT2D eigenvalue weighted by Gasteiger charge is 2.36. The Morgan fingerprint density at radius 1 is 0.889 bits per heavy atom. The molecular weight excluding hydrogens is 582 g/mol. The number of hydrogen-bond acceptors (Lipinski definition) is 7. The zero-order valence-corrected chi connectivity index (χ0v) is 26.7. The van der Waals surface area contributed by atoms with Crippen LogP contribution in [0, 0.1) is 0 Å². The fourth-order valence-corrected chi connectivity index (χ4v) is 6.62. The topological polar surface area (TPSA) is 91.8 Å². The lowest BCUT2D eigenvalue weighted by Gasteiger charge is -2.35. The first-order chi connectivity index (χ1) is 21.9. The summed E-state index contributed by atoms with van der Waals surface area (Å²) in [6.07, 6.45) is 3.47. The van der Waals surface area contributed by atoms with E-state index < -0.39 is 10.9 Å². The van der Waals surface area contributed by atoms with Gasteiger partial charge in [-0.3, -0.25) is 19.5 Å². The minimum Gasteiger partial charge on any atom is -0.468 e. The number of methoxy groups -OCH3 is 1. The van der Waals surface area contributed by atoms with E-state index in [1.54, 1.807) is 6.08 Å². The number of likely N-dealkylation sites (N-methyl/N-ethyl adjacent to an activating group) is 1. The minimum atomic E-state index is -0.886. The average Bonchev–Trinajstić information content (AvgIpc) is 3.07. The van der Waals surface area contributed by atoms with Crippen LogP contribution in [-0.4, -0.2) is 59.4 Å². The standard InChI is InChI=1S/C37H41N3O4S/c1-40(28-36(43)44-2)27-33-22-14-21-32(39-33)26-38-35(42)25-34(41)23-12-13-24-45-37(29-15-6-3-7-16-29,30-17-8-4-9-18-30)31-19-10-5-11-20-31/h3-12,14-23,34,41H,13,24-28H2,1-2H3,(H,38,42)/t34-/m1/s1. The number of nitrogens with one attached hydrogen (secondary N) is 1. The van der Waals surface area contributed by atoms with E-state index in [1.807, 2.05) is 66.2 Å². The number of aliphatic hydroxyl groups excluding tert-OH is 1. The van der Waals surface area contributed by atoms with Crippen molar-refractivity contribution >= 4 is 23.6 Å². The molecule has 45 heavy (non-hydrogen) atoms. The number of nitrogens with zero attached hydrogens (tertiary/aromatic N) is 2. The predicted molar refractivity (Wildman–Crippen MR) is 180 cm³/mol. The van der Waals surface area contributed by atoms with Gasteiger partial charge in [-0.05, 0) is 48.0 Å². The van der Waals surface area contributed by atoms with Crippen molar-refractivity contribution in [3.05, 3.63) is 149 Å². The van der Waals surface area contributed by atoms with Crippen LogP contribution >= 0.6 is 11.8 Å². The van der Waals surface area contributed by atoms with Crippen LogP contribution in [0.15, 0.2) is 121 Å². The van der Waals surface area contributed by atoms with E-state index in [4.69, 9.17) is 4.74 Å².